The van der Waals surface area contributed by atoms with Gasteiger partial charge in [0.2, 0.25) is 0 Å². The number of benzene rings is 3. The first kappa shape index (κ1) is 20.3. The smallest absolute Gasteiger partial charge is 0.271 e. The minimum absolute atomic E-state index is 0.0894. The van der Waals surface area contributed by atoms with E-state index in [1.807, 2.05) is 30.3 Å². The third-order valence-electron chi connectivity index (χ3n) is 6.23. The van der Waals surface area contributed by atoms with Crippen LogP contribution in [-0.4, -0.2) is 4.57 Å². The van der Waals surface area contributed by atoms with Crippen molar-refractivity contribution >= 4 is 34.7 Å². The fourth-order valence-electron chi connectivity index (χ4n) is 4.68. The fraction of sp³-hybridized carbons (Fsp3) is 0.111. The molecule has 0 saturated carbocycles. The van der Waals surface area contributed by atoms with E-state index in [9.17, 15) is 9.18 Å². The molecule has 0 amide bonds. The van der Waals surface area contributed by atoms with Crippen LogP contribution < -0.4 is 14.9 Å². The maximum atomic E-state index is 13.6. The van der Waals surface area contributed by atoms with Crippen LogP contribution in [0.2, 0.25) is 5.02 Å². The molecule has 33 heavy (non-hydrogen) atoms. The number of aromatic nitrogens is 1. The zero-order valence-corrected chi connectivity index (χ0v) is 19.0. The van der Waals surface area contributed by atoms with Gasteiger partial charge in [0.15, 0.2) is 4.80 Å². The first-order valence-corrected chi connectivity index (χ1v) is 11.9. The Hall–Kier alpha value is -3.28. The zero-order chi connectivity index (χ0) is 22.5. The molecule has 162 valence electrons. The summed E-state index contributed by atoms with van der Waals surface area (Å²) in [6.45, 7) is 0. The topological polar surface area (TPSA) is 34.4 Å². The molecule has 0 fully saturated rings. The Balaban J connectivity index is 1.62. The van der Waals surface area contributed by atoms with Gasteiger partial charge in [-0.25, -0.2) is 9.38 Å². The zero-order valence-electron chi connectivity index (χ0n) is 17.5. The highest BCUT2D eigenvalue weighted by molar-refractivity contribution is 7.07. The first-order chi connectivity index (χ1) is 16.1. The Morgan fingerprint density at radius 3 is 2.55 bits per heavy atom. The van der Waals surface area contributed by atoms with Crippen LogP contribution in [-0.2, 0) is 6.42 Å². The van der Waals surface area contributed by atoms with E-state index < -0.39 is 0 Å². The molecule has 3 nitrogen and oxygen atoms in total. The predicted octanol–water partition coefficient (Wildman–Crippen LogP) is 5.11. The Morgan fingerprint density at radius 1 is 1.00 bits per heavy atom. The van der Waals surface area contributed by atoms with Gasteiger partial charge < -0.3 is 0 Å². The summed E-state index contributed by atoms with van der Waals surface area (Å²) < 4.78 is 15.7. The number of halogens is 2. The number of nitrogens with zero attached hydrogens (tertiary/aromatic N) is 2. The Labute approximate surface area is 198 Å². The number of hydrogen-bond donors (Lipinski definition) is 0. The molecule has 6 heteroatoms. The average molecular weight is 473 g/mol. The second-order valence-electron chi connectivity index (χ2n) is 8.22. The highest BCUT2D eigenvalue weighted by Gasteiger charge is 2.32. The molecule has 2 aliphatic rings. The van der Waals surface area contributed by atoms with Crippen molar-refractivity contribution in [2.24, 2.45) is 4.99 Å². The fourth-order valence-corrected chi connectivity index (χ4v) is 5.80. The number of hydrogen-bond acceptors (Lipinski definition) is 3. The third-order valence-corrected chi connectivity index (χ3v) is 7.46. The van der Waals surface area contributed by atoms with Crippen LogP contribution in [0, 0.1) is 5.82 Å². The molecule has 1 aliphatic carbocycles. The van der Waals surface area contributed by atoms with Crippen molar-refractivity contribution in [2.45, 2.75) is 18.9 Å². The number of allylic oxidation sites excluding steroid dienone is 1. The standard InChI is InChI=1S/C27H18ClFN2OS/c28-19-10-7-18(8-11-19)25-22-14-9-17-3-1-2-4-21(17)24(22)30-27-31(25)26(32)23(33-27)15-16-5-12-20(29)13-6-16/h1-8,10-13,15,25H,9,14H2/b23-15-/t25-/m1/s1. The Bertz CT molecular complexity index is 1600. The van der Waals surface area contributed by atoms with E-state index in [2.05, 4.69) is 18.2 Å². The Kier molecular flexibility index (Phi) is 4.89. The van der Waals surface area contributed by atoms with E-state index in [0.717, 1.165) is 40.8 Å². The minimum atomic E-state index is -0.303. The summed E-state index contributed by atoms with van der Waals surface area (Å²) in [6, 6.07) is 21.9. The molecule has 0 radical (unpaired) electrons. The van der Waals surface area contributed by atoms with Crippen molar-refractivity contribution in [3.63, 3.8) is 0 Å². The van der Waals surface area contributed by atoms with Gasteiger partial charge in [-0.05, 0) is 65.4 Å². The summed E-state index contributed by atoms with van der Waals surface area (Å²) in [4.78, 5) is 19.3. The van der Waals surface area contributed by atoms with Crippen LogP contribution in [0.4, 0.5) is 4.39 Å². The van der Waals surface area contributed by atoms with Crippen LogP contribution >= 0.6 is 22.9 Å². The summed E-state index contributed by atoms with van der Waals surface area (Å²) in [5.74, 6) is -0.303. The number of fused-ring (bicyclic) bond motifs is 3. The molecule has 1 aromatic heterocycles. The average Bonchev–Trinajstić information content (AvgIpc) is 3.14. The van der Waals surface area contributed by atoms with Gasteiger partial charge in [-0.2, -0.15) is 0 Å². The number of aryl methyl sites for hydroxylation is 1. The first-order valence-electron chi connectivity index (χ1n) is 10.7. The van der Waals surface area contributed by atoms with Gasteiger partial charge >= 0.3 is 0 Å². The molecule has 3 aromatic carbocycles. The molecule has 0 bridgehead atoms. The second-order valence-corrected chi connectivity index (χ2v) is 9.66. The highest BCUT2D eigenvalue weighted by Crippen LogP contribution is 2.41. The van der Waals surface area contributed by atoms with E-state index in [0.29, 0.717) is 14.4 Å². The van der Waals surface area contributed by atoms with E-state index in [4.69, 9.17) is 16.6 Å². The van der Waals surface area contributed by atoms with Gasteiger partial charge in [0.25, 0.3) is 5.56 Å². The number of thiazole rings is 1. The minimum Gasteiger partial charge on any atom is -0.272 e. The lowest BCUT2D eigenvalue weighted by atomic mass is 9.83. The predicted molar refractivity (Wildman–Crippen MR) is 131 cm³/mol. The maximum absolute atomic E-state index is 13.6. The molecular formula is C27H18ClFN2OS. The monoisotopic (exact) mass is 472 g/mol. The molecule has 0 N–H and O–H groups in total. The van der Waals surface area contributed by atoms with Gasteiger partial charge in [0.05, 0.1) is 16.3 Å². The molecule has 0 unspecified atom stereocenters. The van der Waals surface area contributed by atoms with Crippen molar-refractivity contribution in [3.8, 4) is 0 Å². The van der Waals surface area contributed by atoms with E-state index in [-0.39, 0.29) is 17.4 Å². The Morgan fingerprint density at radius 2 is 1.76 bits per heavy atom. The molecule has 1 atom stereocenters. The van der Waals surface area contributed by atoms with Crippen molar-refractivity contribution in [1.29, 1.82) is 0 Å². The van der Waals surface area contributed by atoms with Crippen molar-refractivity contribution in [3.05, 3.63) is 131 Å². The summed E-state index contributed by atoms with van der Waals surface area (Å²) in [5.41, 5.74) is 6.22. The van der Waals surface area contributed by atoms with Gasteiger partial charge in [-0.1, -0.05) is 71.5 Å². The van der Waals surface area contributed by atoms with Gasteiger partial charge in [0, 0.05) is 10.6 Å². The van der Waals surface area contributed by atoms with Crippen molar-refractivity contribution in [1.82, 2.24) is 4.57 Å². The third kappa shape index (κ3) is 3.48. The summed E-state index contributed by atoms with van der Waals surface area (Å²) >= 11 is 7.53. The molecule has 6 rings (SSSR count). The lowest BCUT2D eigenvalue weighted by Gasteiger charge is -2.30. The van der Waals surface area contributed by atoms with Crippen LogP contribution in [0.3, 0.4) is 0 Å². The largest absolute Gasteiger partial charge is 0.272 e. The molecule has 0 saturated heterocycles. The molecule has 0 spiro atoms. The number of rotatable bonds is 2. The SMILES string of the molecule is O=c1/c(=C/c2ccc(F)cc2)sc2n1[C@H](c1ccc(Cl)cc1)C1=C(N=2)c2ccccc2CC1. The molecule has 4 aromatic rings. The summed E-state index contributed by atoms with van der Waals surface area (Å²) in [5, 5.41) is 0.658. The van der Waals surface area contributed by atoms with Crippen molar-refractivity contribution < 1.29 is 4.39 Å². The van der Waals surface area contributed by atoms with E-state index in [1.165, 1.54) is 29.0 Å². The lowest BCUT2D eigenvalue weighted by Crippen LogP contribution is -2.38. The second kappa shape index (κ2) is 7.94. The lowest BCUT2D eigenvalue weighted by molar-refractivity contribution is 0.585. The van der Waals surface area contributed by atoms with Crippen LogP contribution in [0.5, 0.6) is 0 Å². The van der Waals surface area contributed by atoms with Gasteiger partial charge in [0.1, 0.15) is 5.82 Å². The van der Waals surface area contributed by atoms with Gasteiger partial charge in [-0.15, -0.1) is 0 Å². The van der Waals surface area contributed by atoms with E-state index >= 15 is 0 Å². The van der Waals surface area contributed by atoms with Crippen LogP contribution in [0.1, 0.15) is 34.7 Å². The summed E-state index contributed by atoms with van der Waals surface area (Å²) in [6.07, 6.45) is 3.55. The molecule has 1 aliphatic heterocycles. The van der Waals surface area contributed by atoms with E-state index in [1.54, 1.807) is 22.8 Å². The van der Waals surface area contributed by atoms with Crippen LogP contribution in [0.25, 0.3) is 11.8 Å². The van der Waals surface area contributed by atoms with Gasteiger partial charge in [-0.3, -0.25) is 9.36 Å². The van der Waals surface area contributed by atoms with Crippen molar-refractivity contribution in [2.75, 3.05) is 0 Å². The molecular weight excluding hydrogens is 455 g/mol. The summed E-state index contributed by atoms with van der Waals surface area (Å²) in [7, 11) is 0. The normalized spacial score (nSPS) is 17.3. The maximum Gasteiger partial charge on any atom is 0.271 e. The molecule has 2 heterocycles. The highest BCUT2D eigenvalue weighted by atomic mass is 35.5. The van der Waals surface area contributed by atoms with Crippen LogP contribution in [0.15, 0.2) is 88.2 Å². The quantitative estimate of drug-likeness (QED) is 0.399.